The molecule has 1 amide bonds. The van der Waals surface area contributed by atoms with Gasteiger partial charge in [-0.15, -0.1) is 0 Å². The molecule has 1 aromatic heterocycles. The lowest BCUT2D eigenvalue weighted by atomic mass is 10.1. The lowest BCUT2D eigenvalue weighted by Gasteiger charge is -2.08. The molecule has 2 rings (SSSR count). The van der Waals surface area contributed by atoms with E-state index in [-0.39, 0.29) is 5.91 Å². The van der Waals surface area contributed by atoms with Crippen molar-refractivity contribution in [1.82, 2.24) is 10.3 Å². The molecule has 2 aromatic rings. The van der Waals surface area contributed by atoms with Gasteiger partial charge in [0.2, 0.25) is 0 Å². The van der Waals surface area contributed by atoms with E-state index in [0.29, 0.717) is 28.7 Å². The summed E-state index contributed by atoms with van der Waals surface area (Å²) in [4.78, 5) is 16.6. The molecular formula is C14H17N3O2S. The first-order valence-electron chi connectivity index (χ1n) is 6.25. The monoisotopic (exact) mass is 291 g/mol. The summed E-state index contributed by atoms with van der Waals surface area (Å²) in [6.07, 6.45) is 0.711. The van der Waals surface area contributed by atoms with Crippen molar-refractivity contribution < 1.29 is 9.53 Å². The van der Waals surface area contributed by atoms with Crippen molar-refractivity contribution in [3.8, 4) is 5.75 Å². The number of amides is 1. The molecule has 1 aromatic carbocycles. The van der Waals surface area contributed by atoms with Crippen molar-refractivity contribution in [2.24, 2.45) is 0 Å². The SMILES string of the molecule is COc1ccccc1CCNC(=O)c1sc(N)nc1C. The molecule has 20 heavy (non-hydrogen) atoms. The van der Waals surface area contributed by atoms with Crippen LogP contribution in [0.4, 0.5) is 5.13 Å². The number of methoxy groups -OCH3 is 1. The van der Waals surface area contributed by atoms with E-state index in [4.69, 9.17) is 10.5 Å². The van der Waals surface area contributed by atoms with E-state index in [1.165, 1.54) is 11.3 Å². The van der Waals surface area contributed by atoms with Crippen molar-refractivity contribution in [3.63, 3.8) is 0 Å². The third-order valence-corrected chi connectivity index (χ3v) is 3.88. The first-order chi connectivity index (χ1) is 9.61. The topological polar surface area (TPSA) is 77.2 Å². The number of nitrogens with two attached hydrogens (primary N) is 1. The number of thiazole rings is 1. The van der Waals surface area contributed by atoms with Crippen molar-refractivity contribution in [2.45, 2.75) is 13.3 Å². The summed E-state index contributed by atoms with van der Waals surface area (Å²) in [6, 6.07) is 7.77. The van der Waals surface area contributed by atoms with Gasteiger partial charge < -0.3 is 15.8 Å². The molecule has 0 radical (unpaired) electrons. The van der Waals surface area contributed by atoms with Crippen molar-refractivity contribution >= 4 is 22.4 Å². The van der Waals surface area contributed by atoms with E-state index >= 15 is 0 Å². The smallest absolute Gasteiger partial charge is 0.263 e. The lowest BCUT2D eigenvalue weighted by Crippen LogP contribution is -2.25. The Morgan fingerprint density at radius 1 is 1.45 bits per heavy atom. The zero-order valence-corrected chi connectivity index (χ0v) is 12.3. The Labute approximate surface area is 121 Å². The number of para-hydroxylation sites is 1. The second-order valence-electron chi connectivity index (χ2n) is 4.28. The highest BCUT2D eigenvalue weighted by molar-refractivity contribution is 7.17. The van der Waals surface area contributed by atoms with Gasteiger partial charge in [0.05, 0.1) is 12.8 Å². The highest BCUT2D eigenvalue weighted by Gasteiger charge is 2.13. The van der Waals surface area contributed by atoms with Crippen molar-refractivity contribution in [3.05, 3.63) is 40.4 Å². The highest BCUT2D eigenvalue weighted by Crippen LogP contribution is 2.20. The van der Waals surface area contributed by atoms with Crippen LogP contribution in [0.15, 0.2) is 24.3 Å². The number of aromatic nitrogens is 1. The molecule has 5 nitrogen and oxygen atoms in total. The summed E-state index contributed by atoms with van der Waals surface area (Å²) in [5.74, 6) is 0.701. The maximum atomic E-state index is 12.0. The molecule has 0 saturated heterocycles. The Balaban J connectivity index is 1.93. The quantitative estimate of drug-likeness (QED) is 0.883. The predicted octanol–water partition coefficient (Wildman–Crippen LogP) is 2.01. The molecular weight excluding hydrogens is 274 g/mol. The van der Waals surface area contributed by atoms with E-state index in [1.54, 1.807) is 14.0 Å². The average molecular weight is 291 g/mol. The summed E-state index contributed by atoms with van der Waals surface area (Å²) < 4.78 is 5.27. The Kier molecular flexibility index (Phi) is 4.57. The van der Waals surface area contributed by atoms with Crippen molar-refractivity contribution in [1.29, 1.82) is 0 Å². The maximum Gasteiger partial charge on any atom is 0.263 e. The van der Waals surface area contributed by atoms with Crippen LogP contribution in [0, 0.1) is 6.92 Å². The summed E-state index contributed by atoms with van der Waals surface area (Å²) >= 11 is 1.21. The molecule has 0 aliphatic carbocycles. The van der Waals surface area contributed by atoms with Gasteiger partial charge in [-0.1, -0.05) is 29.5 Å². The van der Waals surface area contributed by atoms with E-state index in [0.717, 1.165) is 11.3 Å². The zero-order chi connectivity index (χ0) is 14.5. The zero-order valence-electron chi connectivity index (χ0n) is 11.5. The van der Waals surface area contributed by atoms with Gasteiger partial charge >= 0.3 is 0 Å². The molecule has 0 atom stereocenters. The number of ether oxygens (including phenoxy) is 1. The summed E-state index contributed by atoms with van der Waals surface area (Å²) in [5.41, 5.74) is 7.32. The molecule has 106 valence electrons. The third kappa shape index (κ3) is 3.27. The van der Waals surface area contributed by atoms with Crippen LogP contribution in [-0.4, -0.2) is 24.5 Å². The van der Waals surface area contributed by atoms with E-state index < -0.39 is 0 Å². The second kappa shape index (κ2) is 6.38. The van der Waals surface area contributed by atoms with Crippen LogP contribution in [0.5, 0.6) is 5.75 Å². The molecule has 0 aliphatic rings. The number of nitrogens with zero attached hydrogens (tertiary/aromatic N) is 1. The molecule has 1 heterocycles. The largest absolute Gasteiger partial charge is 0.496 e. The van der Waals surface area contributed by atoms with Gasteiger partial charge in [-0.3, -0.25) is 4.79 Å². The number of carbonyl (C=O) groups is 1. The van der Waals surface area contributed by atoms with E-state index in [9.17, 15) is 4.79 Å². The van der Waals surface area contributed by atoms with Crippen LogP contribution in [0.25, 0.3) is 0 Å². The van der Waals surface area contributed by atoms with Crippen molar-refractivity contribution in [2.75, 3.05) is 19.4 Å². The Hall–Kier alpha value is -2.08. The fourth-order valence-corrected chi connectivity index (χ4v) is 2.68. The van der Waals surface area contributed by atoms with Gasteiger partial charge in [-0.25, -0.2) is 4.98 Å². The molecule has 6 heteroatoms. The van der Waals surface area contributed by atoms with Crippen LogP contribution in [0.2, 0.25) is 0 Å². The summed E-state index contributed by atoms with van der Waals surface area (Å²) in [7, 11) is 1.64. The number of hydrogen-bond acceptors (Lipinski definition) is 5. The van der Waals surface area contributed by atoms with Crippen LogP contribution in [-0.2, 0) is 6.42 Å². The van der Waals surface area contributed by atoms with Crippen LogP contribution < -0.4 is 15.8 Å². The Bertz CT molecular complexity index is 610. The van der Waals surface area contributed by atoms with Crippen LogP contribution in [0.1, 0.15) is 20.9 Å². The maximum absolute atomic E-state index is 12.0. The minimum Gasteiger partial charge on any atom is -0.496 e. The van der Waals surface area contributed by atoms with Gasteiger partial charge in [-0.05, 0) is 25.0 Å². The number of nitrogen functional groups attached to an aromatic ring is 1. The van der Waals surface area contributed by atoms with Crippen LogP contribution >= 0.6 is 11.3 Å². The Morgan fingerprint density at radius 3 is 2.85 bits per heavy atom. The molecule has 0 saturated carbocycles. The molecule has 0 bridgehead atoms. The molecule has 0 fully saturated rings. The first-order valence-corrected chi connectivity index (χ1v) is 7.06. The lowest BCUT2D eigenvalue weighted by molar-refractivity contribution is 0.0957. The fourth-order valence-electron chi connectivity index (χ4n) is 1.93. The number of carbonyl (C=O) groups excluding carboxylic acids is 1. The minimum atomic E-state index is -0.133. The highest BCUT2D eigenvalue weighted by atomic mass is 32.1. The molecule has 3 N–H and O–H groups in total. The number of aryl methyl sites for hydroxylation is 1. The van der Waals surface area contributed by atoms with E-state index in [1.807, 2.05) is 24.3 Å². The normalized spacial score (nSPS) is 10.3. The average Bonchev–Trinajstić information content (AvgIpc) is 2.78. The van der Waals surface area contributed by atoms with Gasteiger partial charge in [0.15, 0.2) is 5.13 Å². The number of anilines is 1. The number of nitrogens with one attached hydrogen (secondary N) is 1. The van der Waals surface area contributed by atoms with Gasteiger partial charge in [-0.2, -0.15) is 0 Å². The van der Waals surface area contributed by atoms with E-state index in [2.05, 4.69) is 10.3 Å². The minimum absolute atomic E-state index is 0.133. The van der Waals surface area contributed by atoms with Gasteiger partial charge in [0.1, 0.15) is 10.6 Å². The number of benzene rings is 1. The molecule has 0 aliphatic heterocycles. The molecule has 0 unspecified atom stereocenters. The van der Waals surface area contributed by atoms with Gasteiger partial charge in [0, 0.05) is 6.54 Å². The fraction of sp³-hybridized carbons (Fsp3) is 0.286. The molecule has 0 spiro atoms. The van der Waals surface area contributed by atoms with Crippen LogP contribution in [0.3, 0.4) is 0 Å². The number of hydrogen-bond donors (Lipinski definition) is 2. The third-order valence-electron chi connectivity index (χ3n) is 2.89. The second-order valence-corrected chi connectivity index (χ2v) is 5.32. The standard InChI is InChI=1S/C14H17N3O2S/c1-9-12(20-14(15)17-9)13(18)16-8-7-10-5-3-4-6-11(10)19-2/h3-6H,7-8H2,1-2H3,(H2,15,17)(H,16,18). The first kappa shape index (κ1) is 14.3. The Morgan fingerprint density at radius 2 is 2.20 bits per heavy atom. The number of rotatable bonds is 5. The van der Waals surface area contributed by atoms with Gasteiger partial charge in [0.25, 0.3) is 5.91 Å². The predicted molar refractivity (Wildman–Crippen MR) is 80.3 cm³/mol. The summed E-state index contributed by atoms with van der Waals surface area (Å²) in [5, 5.41) is 3.29. The summed E-state index contributed by atoms with van der Waals surface area (Å²) in [6.45, 7) is 2.32.